The van der Waals surface area contributed by atoms with Gasteiger partial charge in [0.1, 0.15) is 12.1 Å². The lowest BCUT2D eigenvalue weighted by molar-refractivity contribution is -0.143. The average Bonchev–Trinajstić information content (AvgIpc) is 2.91. The molecule has 1 aliphatic rings. The number of allylic oxidation sites excluding steroid dienone is 4. The summed E-state index contributed by atoms with van der Waals surface area (Å²) in [5.41, 5.74) is 0. The van der Waals surface area contributed by atoms with Crippen molar-refractivity contribution >= 4 is 11.9 Å². The molecule has 1 aliphatic heterocycles. The van der Waals surface area contributed by atoms with Crippen LogP contribution in [0.1, 0.15) is 97.8 Å². The molecule has 0 aromatic carbocycles. The van der Waals surface area contributed by atoms with E-state index in [1.807, 2.05) is 13.8 Å². The maximum Gasteiger partial charge on any atom is 0.329 e. The van der Waals surface area contributed by atoms with Crippen LogP contribution in [0.2, 0.25) is 0 Å². The monoisotopic (exact) mass is 391 g/mol. The smallest absolute Gasteiger partial charge is 0.329 e. The molecule has 1 amide bonds. The highest BCUT2D eigenvalue weighted by molar-refractivity contribution is 5.86. The molecule has 1 N–H and O–H groups in total. The molecule has 0 spiro atoms. The maximum atomic E-state index is 12.0. The third kappa shape index (κ3) is 10.7. The third-order valence-corrected chi connectivity index (χ3v) is 5.49. The first-order chi connectivity index (χ1) is 13.6. The van der Waals surface area contributed by atoms with Crippen LogP contribution in [-0.2, 0) is 14.3 Å². The molecule has 1 saturated heterocycles. The molecule has 3 atom stereocenters. The minimum absolute atomic E-state index is 0.0337. The molecule has 0 saturated carbocycles. The van der Waals surface area contributed by atoms with Crippen LogP contribution in [0.3, 0.4) is 0 Å². The van der Waals surface area contributed by atoms with E-state index in [0.29, 0.717) is 6.42 Å². The number of unbranched alkanes of at least 4 members (excludes halogenated alkanes) is 8. The van der Waals surface area contributed by atoms with E-state index >= 15 is 0 Å². The highest BCUT2D eigenvalue weighted by atomic mass is 16.6. The lowest BCUT2D eigenvalue weighted by atomic mass is 10.00. The zero-order chi connectivity index (χ0) is 20.6. The van der Waals surface area contributed by atoms with Gasteiger partial charge in [-0.1, -0.05) is 70.3 Å². The fourth-order valence-corrected chi connectivity index (χ4v) is 3.38. The molecular weight excluding hydrogens is 350 g/mol. The lowest BCUT2D eigenvalue weighted by Crippen LogP contribution is -2.41. The minimum Gasteiger partial charge on any atom is -0.461 e. The van der Waals surface area contributed by atoms with Crippen LogP contribution >= 0.6 is 0 Å². The molecule has 0 aromatic rings. The van der Waals surface area contributed by atoms with Gasteiger partial charge in [-0.15, -0.1) is 0 Å². The van der Waals surface area contributed by atoms with E-state index in [4.69, 9.17) is 4.74 Å². The van der Waals surface area contributed by atoms with Gasteiger partial charge >= 0.3 is 5.97 Å². The Morgan fingerprint density at radius 3 is 2.14 bits per heavy atom. The highest BCUT2D eigenvalue weighted by Gasteiger charge is 2.40. The van der Waals surface area contributed by atoms with Crippen molar-refractivity contribution in [2.75, 3.05) is 0 Å². The van der Waals surface area contributed by atoms with Crippen molar-refractivity contribution in [3.63, 3.8) is 0 Å². The third-order valence-electron chi connectivity index (χ3n) is 5.49. The van der Waals surface area contributed by atoms with Gasteiger partial charge in [0.15, 0.2) is 0 Å². The normalized spacial score (nSPS) is 22.2. The van der Waals surface area contributed by atoms with Crippen LogP contribution in [0.15, 0.2) is 24.3 Å². The van der Waals surface area contributed by atoms with E-state index in [0.717, 1.165) is 32.1 Å². The number of carbonyl (C=O) groups excluding carboxylic acids is 2. The number of hydrogen-bond donors (Lipinski definition) is 1. The maximum absolute atomic E-state index is 12.0. The van der Waals surface area contributed by atoms with E-state index in [2.05, 4.69) is 36.5 Å². The van der Waals surface area contributed by atoms with Gasteiger partial charge < -0.3 is 10.1 Å². The summed E-state index contributed by atoms with van der Waals surface area (Å²) < 4.78 is 5.16. The molecule has 160 valence electrons. The summed E-state index contributed by atoms with van der Waals surface area (Å²) in [6.07, 6.45) is 22.4. The summed E-state index contributed by atoms with van der Waals surface area (Å²) in [4.78, 5) is 23.7. The van der Waals surface area contributed by atoms with E-state index in [-0.39, 0.29) is 23.9 Å². The van der Waals surface area contributed by atoms with Crippen LogP contribution in [0.4, 0.5) is 0 Å². The molecule has 0 unspecified atom stereocenters. The van der Waals surface area contributed by atoms with Crippen LogP contribution in [0.5, 0.6) is 0 Å². The molecule has 28 heavy (non-hydrogen) atoms. The SMILES string of the molecule is CCCCC/C=C\C/C=C/CCCCCCCC(=O)N[C@@H]1C(=O)O[C@H](C)[C@@H]1C. The van der Waals surface area contributed by atoms with Crippen LogP contribution < -0.4 is 5.32 Å². The summed E-state index contributed by atoms with van der Waals surface area (Å²) in [6, 6.07) is -0.472. The van der Waals surface area contributed by atoms with E-state index in [1.54, 1.807) is 0 Å². The summed E-state index contributed by atoms with van der Waals surface area (Å²) in [6.45, 7) is 6.05. The van der Waals surface area contributed by atoms with Gasteiger partial charge in [-0.25, -0.2) is 4.79 Å². The Hall–Kier alpha value is -1.58. The standard InChI is InChI=1S/C24H41NO3/c1-4-5-6-7-8-9-10-11-12-13-14-15-16-17-18-19-22(26)25-23-20(2)21(3)28-24(23)27/h8-9,11-12,20-21,23H,4-7,10,13-19H2,1-3H3,(H,25,26)/b9-8-,12-11+/t20-,21+,23-/m0/s1. The molecule has 0 aliphatic carbocycles. The topological polar surface area (TPSA) is 55.4 Å². The van der Waals surface area contributed by atoms with Crippen molar-refractivity contribution in [1.82, 2.24) is 5.32 Å². The number of carbonyl (C=O) groups is 2. The summed E-state index contributed by atoms with van der Waals surface area (Å²) in [7, 11) is 0. The van der Waals surface area contributed by atoms with Crippen molar-refractivity contribution in [2.24, 2.45) is 5.92 Å². The molecule has 0 radical (unpaired) electrons. The predicted octanol–water partition coefficient (Wildman–Crippen LogP) is 5.87. The van der Waals surface area contributed by atoms with Gasteiger partial charge in [-0.2, -0.15) is 0 Å². The van der Waals surface area contributed by atoms with Crippen molar-refractivity contribution < 1.29 is 14.3 Å². The Kier molecular flexibility index (Phi) is 13.4. The van der Waals surface area contributed by atoms with Gasteiger partial charge in [0, 0.05) is 12.3 Å². The highest BCUT2D eigenvalue weighted by Crippen LogP contribution is 2.21. The van der Waals surface area contributed by atoms with Crippen LogP contribution in [0.25, 0.3) is 0 Å². The molecule has 4 heteroatoms. The first-order valence-corrected chi connectivity index (χ1v) is 11.4. The zero-order valence-electron chi connectivity index (χ0n) is 18.3. The predicted molar refractivity (Wildman–Crippen MR) is 116 cm³/mol. The summed E-state index contributed by atoms with van der Waals surface area (Å²) in [5, 5.41) is 2.83. The first-order valence-electron chi connectivity index (χ1n) is 11.4. The molecular formula is C24H41NO3. The van der Waals surface area contributed by atoms with E-state index in [1.165, 1.54) is 38.5 Å². The van der Waals surface area contributed by atoms with Crippen LogP contribution in [-0.4, -0.2) is 24.0 Å². The second-order valence-corrected chi connectivity index (χ2v) is 8.03. The number of rotatable bonds is 15. The Morgan fingerprint density at radius 2 is 1.54 bits per heavy atom. The lowest BCUT2D eigenvalue weighted by Gasteiger charge is -2.14. The Bertz CT molecular complexity index is 498. The number of amides is 1. The largest absolute Gasteiger partial charge is 0.461 e. The van der Waals surface area contributed by atoms with Crippen molar-refractivity contribution in [3.8, 4) is 0 Å². The van der Waals surface area contributed by atoms with Gasteiger partial charge in [-0.3, -0.25) is 4.79 Å². The molecule has 1 fully saturated rings. The Labute approximate surface area is 172 Å². The van der Waals surface area contributed by atoms with Crippen molar-refractivity contribution in [2.45, 2.75) is 110 Å². The number of hydrogen-bond acceptors (Lipinski definition) is 3. The van der Waals surface area contributed by atoms with Gasteiger partial charge in [0.2, 0.25) is 5.91 Å². The fraction of sp³-hybridized carbons (Fsp3) is 0.750. The number of cyclic esters (lactones) is 1. The van der Waals surface area contributed by atoms with Gasteiger partial charge in [0.25, 0.3) is 0 Å². The fourth-order valence-electron chi connectivity index (χ4n) is 3.38. The summed E-state index contributed by atoms with van der Waals surface area (Å²) >= 11 is 0. The number of nitrogens with one attached hydrogen (secondary N) is 1. The average molecular weight is 392 g/mol. The quantitative estimate of drug-likeness (QED) is 0.216. The second-order valence-electron chi connectivity index (χ2n) is 8.03. The van der Waals surface area contributed by atoms with E-state index < -0.39 is 6.04 Å². The zero-order valence-corrected chi connectivity index (χ0v) is 18.3. The van der Waals surface area contributed by atoms with Crippen molar-refractivity contribution in [3.05, 3.63) is 24.3 Å². The van der Waals surface area contributed by atoms with Crippen LogP contribution in [0, 0.1) is 5.92 Å². The minimum atomic E-state index is -0.472. The number of esters is 1. The first kappa shape index (κ1) is 24.5. The molecule has 1 rings (SSSR count). The molecule has 1 heterocycles. The Morgan fingerprint density at radius 1 is 0.929 bits per heavy atom. The van der Waals surface area contributed by atoms with Gasteiger partial charge in [-0.05, 0) is 45.4 Å². The van der Waals surface area contributed by atoms with E-state index in [9.17, 15) is 9.59 Å². The molecule has 0 aromatic heterocycles. The molecule has 0 bridgehead atoms. The Balaban J connectivity index is 1.93. The van der Waals surface area contributed by atoms with Crippen molar-refractivity contribution in [1.29, 1.82) is 0 Å². The second kappa shape index (κ2) is 15.4. The number of ether oxygens (including phenoxy) is 1. The molecule has 4 nitrogen and oxygen atoms in total. The summed E-state index contributed by atoms with van der Waals surface area (Å²) in [5.74, 6) is -0.289. The van der Waals surface area contributed by atoms with Gasteiger partial charge in [0.05, 0.1) is 0 Å².